The van der Waals surface area contributed by atoms with Crippen LogP contribution in [0.4, 0.5) is 4.39 Å². The van der Waals surface area contributed by atoms with Gasteiger partial charge in [-0.15, -0.1) is 0 Å². The summed E-state index contributed by atoms with van der Waals surface area (Å²) in [6.45, 7) is 2.85. The molecule has 6 heteroatoms. The number of halogens is 1. The van der Waals surface area contributed by atoms with E-state index in [4.69, 9.17) is 4.74 Å². The molecule has 0 saturated carbocycles. The van der Waals surface area contributed by atoms with Gasteiger partial charge in [-0.1, -0.05) is 18.2 Å². The molecule has 2 aromatic carbocycles. The van der Waals surface area contributed by atoms with Gasteiger partial charge in [0.25, 0.3) is 5.91 Å². The molecule has 28 heavy (non-hydrogen) atoms. The Bertz CT molecular complexity index is 878. The topological polar surface area (TPSA) is 63.7 Å². The van der Waals surface area contributed by atoms with Gasteiger partial charge in [-0.2, -0.15) is 0 Å². The highest BCUT2D eigenvalue weighted by Crippen LogP contribution is 2.22. The molecule has 1 aliphatic heterocycles. The molecule has 0 unspecified atom stereocenters. The van der Waals surface area contributed by atoms with Gasteiger partial charge in [0.2, 0.25) is 0 Å². The molecule has 1 heterocycles. The Morgan fingerprint density at radius 2 is 1.75 bits per heavy atom. The van der Waals surface area contributed by atoms with Crippen molar-refractivity contribution in [3.8, 4) is 0 Å². The SMILES string of the molecule is CCOC(=O)[C@H]1CCCN(C(=O)c2ccccc2C(=O)c2ccc(F)cc2)C1. The van der Waals surface area contributed by atoms with E-state index in [-0.39, 0.29) is 41.2 Å². The van der Waals surface area contributed by atoms with Crippen LogP contribution in [0.3, 0.4) is 0 Å². The van der Waals surface area contributed by atoms with E-state index in [9.17, 15) is 18.8 Å². The fourth-order valence-corrected chi connectivity index (χ4v) is 3.41. The first-order valence-electron chi connectivity index (χ1n) is 9.36. The van der Waals surface area contributed by atoms with Gasteiger partial charge in [0.15, 0.2) is 5.78 Å². The van der Waals surface area contributed by atoms with Crippen LogP contribution in [-0.2, 0) is 9.53 Å². The fraction of sp³-hybridized carbons (Fsp3) is 0.318. The monoisotopic (exact) mass is 383 g/mol. The second-order valence-corrected chi connectivity index (χ2v) is 6.72. The minimum Gasteiger partial charge on any atom is -0.466 e. The smallest absolute Gasteiger partial charge is 0.310 e. The van der Waals surface area contributed by atoms with E-state index in [1.54, 1.807) is 36.1 Å². The molecule has 3 rings (SSSR count). The summed E-state index contributed by atoms with van der Waals surface area (Å²) in [6.07, 6.45) is 1.38. The van der Waals surface area contributed by atoms with Crippen molar-refractivity contribution in [2.45, 2.75) is 19.8 Å². The maximum Gasteiger partial charge on any atom is 0.310 e. The first-order chi connectivity index (χ1) is 13.5. The molecule has 0 aromatic heterocycles. The molecule has 0 N–H and O–H groups in total. The van der Waals surface area contributed by atoms with Gasteiger partial charge >= 0.3 is 5.97 Å². The Balaban J connectivity index is 1.83. The van der Waals surface area contributed by atoms with E-state index in [1.807, 2.05) is 0 Å². The zero-order chi connectivity index (χ0) is 20.1. The highest BCUT2D eigenvalue weighted by molar-refractivity contribution is 6.15. The molecule has 1 fully saturated rings. The molecule has 0 radical (unpaired) electrons. The van der Waals surface area contributed by atoms with E-state index in [0.29, 0.717) is 31.6 Å². The molecule has 1 aliphatic rings. The Hall–Kier alpha value is -3.02. The van der Waals surface area contributed by atoms with Crippen LogP contribution in [0.2, 0.25) is 0 Å². The number of piperidine rings is 1. The first kappa shape index (κ1) is 19.7. The van der Waals surface area contributed by atoms with Crippen LogP contribution in [0.1, 0.15) is 46.0 Å². The summed E-state index contributed by atoms with van der Waals surface area (Å²) in [5.74, 6) is -1.71. The number of ketones is 1. The number of ether oxygens (including phenoxy) is 1. The third-order valence-electron chi connectivity index (χ3n) is 4.84. The average molecular weight is 383 g/mol. The van der Waals surface area contributed by atoms with Crippen molar-refractivity contribution >= 4 is 17.7 Å². The van der Waals surface area contributed by atoms with Gasteiger partial charge < -0.3 is 9.64 Å². The molecule has 0 aliphatic carbocycles. The third-order valence-corrected chi connectivity index (χ3v) is 4.84. The number of hydrogen-bond donors (Lipinski definition) is 0. The quantitative estimate of drug-likeness (QED) is 0.586. The molecule has 5 nitrogen and oxygen atoms in total. The molecule has 0 bridgehead atoms. The minimum absolute atomic E-state index is 0.261. The first-order valence-corrected chi connectivity index (χ1v) is 9.36. The van der Waals surface area contributed by atoms with Crippen LogP contribution < -0.4 is 0 Å². The second-order valence-electron chi connectivity index (χ2n) is 6.72. The van der Waals surface area contributed by atoms with E-state index in [1.165, 1.54) is 24.3 Å². The van der Waals surface area contributed by atoms with Crippen molar-refractivity contribution < 1.29 is 23.5 Å². The predicted molar refractivity (Wildman–Crippen MR) is 102 cm³/mol. The summed E-state index contributed by atoms with van der Waals surface area (Å²) in [5, 5.41) is 0. The number of amides is 1. The summed E-state index contributed by atoms with van der Waals surface area (Å²) in [6, 6.07) is 11.8. The highest BCUT2D eigenvalue weighted by Gasteiger charge is 2.31. The Morgan fingerprint density at radius 1 is 1.07 bits per heavy atom. The van der Waals surface area contributed by atoms with Crippen molar-refractivity contribution in [1.29, 1.82) is 0 Å². The van der Waals surface area contributed by atoms with Crippen molar-refractivity contribution in [2.24, 2.45) is 5.92 Å². The summed E-state index contributed by atoms with van der Waals surface area (Å²) in [7, 11) is 0. The molecule has 1 atom stereocenters. The Morgan fingerprint density at radius 3 is 2.43 bits per heavy atom. The number of carbonyl (C=O) groups excluding carboxylic acids is 3. The van der Waals surface area contributed by atoms with Gasteiger partial charge in [-0.05, 0) is 50.1 Å². The van der Waals surface area contributed by atoms with Crippen molar-refractivity contribution in [2.75, 3.05) is 19.7 Å². The van der Waals surface area contributed by atoms with Crippen LogP contribution in [0, 0.1) is 11.7 Å². The maximum atomic E-state index is 13.1. The van der Waals surface area contributed by atoms with E-state index >= 15 is 0 Å². The molecule has 2 aromatic rings. The fourth-order valence-electron chi connectivity index (χ4n) is 3.41. The van der Waals surface area contributed by atoms with Gasteiger partial charge in [0.1, 0.15) is 5.82 Å². The standard InChI is InChI=1S/C22H22FNO4/c1-2-28-22(27)16-6-5-13-24(14-16)21(26)19-8-4-3-7-18(19)20(25)15-9-11-17(23)12-10-15/h3-4,7-12,16H,2,5-6,13-14H2,1H3/t16-/m0/s1. The zero-order valence-corrected chi connectivity index (χ0v) is 15.7. The maximum absolute atomic E-state index is 13.1. The zero-order valence-electron chi connectivity index (χ0n) is 15.7. The van der Waals surface area contributed by atoms with Crippen LogP contribution >= 0.6 is 0 Å². The lowest BCUT2D eigenvalue weighted by atomic mass is 9.94. The lowest BCUT2D eigenvalue weighted by molar-refractivity contribution is -0.149. The number of esters is 1. The summed E-state index contributed by atoms with van der Waals surface area (Å²) < 4.78 is 18.2. The highest BCUT2D eigenvalue weighted by atomic mass is 19.1. The minimum atomic E-state index is -0.431. The third kappa shape index (κ3) is 4.27. The van der Waals surface area contributed by atoms with E-state index < -0.39 is 5.82 Å². The summed E-state index contributed by atoms with van der Waals surface area (Å²) in [5.41, 5.74) is 0.850. The molecule has 1 saturated heterocycles. The van der Waals surface area contributed by atoms with Gasteiger partial charge in [0.05, 0.1) is 18.1 Å². The second kappa shape index (κ2) is 8.78. The van der Waals surface area contributed by atoms with E-state index in [2.05, 4.69) is 0 Å². The van der Waals surface area contributed by atoms with Gasteiger partial charge in [-0.25, -0.2) is 4.39 Å². The Kier molecular flexibility index (Phi) is 6.19. The van der Waals surface area contributed by atoms with Crippen molar-refractivity contribution in [3.63, 3.8) is 0 Å². The molecular formula is C22H22FNO4. The molecule has 0 spiro atoms. The van der Waals surface area contributed by atoms with Crippen LogP contribution in [0.15, 0.2) is 48.5 Å². The lowest BCUT2D eigenvalue weighted by Gasteiger charge is -2.32. The number of hydrogen-bond acceptors (Lipinski definition) is 4. The Labute approximate surface area is 163 Å². The van der Waals surface area contributed by atoms with Crippen molar-refractivity contribution in [1.82, 2.24) is 4.90 Å². The summed E-state index contributed by atoms with van der Waals surface area (Å²) in [4.78, 5) is 39.6. The largest absolute Gasteiger partial charge is 0.466 e. The number of nitrogens with zero attached hydrogens (tertiary/aromatic N) is 1. The number of likely N-dealkylation sites (tertiary alicyclic amines) is 1. The lowest BCUT2D eigenvalue weighted by Crippen LogP contribution is -2.43. The summed E-state index contributed by atoms with van der Waals surface area (Å²) >= 11 is 0. The van der Waals surface area contributed by atoms with Crippen LogP contribution in [-0.4, -0.2) is 42.3 Å². The predicted octanol–water partition coefficient (Wildman–Crippen LogP) is 3.47. The molecule has 1 amide bonds. The van der Waals surface area contributed by atoms with E-state index in [0.717, 1.165) is 0 Å². The number of benzene rings is 2. The molecular weight excluding hydrogens is 361 g/mol. The average Bonchev–Trinajstić information content (AvgIpc) is 2.73. The van der Waals surface area contributed by atoms with Crippen molar-refractivity contribution in [3.05, 3.63) is 71.0 Å². The number of rotatable bonds is 5. The molecule has 146 valence electrons. The van der Waals surface area contributed by atoms with Gasteiger partial charge in [-0.3, -0.25) is 14.4 Å². The van der Waals surface area contributed by atoms with Crippen LogP contribution in [0.25, 0.3) is 0 Å². The van der Waals surface area contributed by atoms with Crippen LogP contribution in [0.5, 0.6) is 0 Å². The van der Waals surface area contributed by atoms with Gasteiger partial charge in [0, 0.05) is 24.2 Å². The normalized spacial score (nSPS) is 16.5. The number of carbonyl (C=O) groups is 3.